The molecule has 1 aromatic heterocycles. The molecule has 0 radical (unpaired) electrons. The highest BCUT2D eigenvalue weighted by atomic mass is 32.2. The minimum Gasteiger partial charge on any atom is -0.495 e. The van der Waals surface area contributed by atoms with Crippen LogP contribution >= 0.6 is 0 Å². The normalized spacial score (nSPS) is 15.3. The Labute approximate surface area is 194 Å². The summed E-state index contributed by atoms with van der Waals surface area (Å²) in [4.78, 5) is 17.8. The summed E-state index contributed by atoms with van der Waals surface area (Å²) in [5.74, 6) is 0.940. The summed E-state index contributed by atoms with van der Waals surface area (Å²) in [5, 5.41) is 2.85. The highest BCUT2D eigenvalue weighted by Gasteiger charge is 2.26. The molecule has 176 valence electrons. The molecular weight excluding hydrogens is 440 g/mol. The van der Waals surface area contributed by atoms with Crippen molar-refractivity contribution in [2.75, 3.05) is 25.5 Å². The van der Waals surface area contributed by atoms with Gasteiger partial charge in [-0.1, -0.05) is 31.9 Å². The van der Waals surface area contributed by atoms with E-state index >= 15 is 0 Å². The lowest BCUT2D eigenvalue weighted by atomic mass is 10.2. The van der Waals surface area contributed by atoms with Crippen LogP contribution in [0.1, 0.15) is 38.4 Å². The highest BCUT2D eigenvalue weighted by Crippen LogP contribution is 2.30. The van der Waals surface area contributed by atoms with Gasteiger partial charge in [0.25, 0.3) is 0 Å². The van der Waals surface area contributed by atoms with Crippen molar-refractivity contribution in [2.45, 2.75) is 50.5 Å². The Balaban J connectivity index is 1.60. The number of fused-ring (bicyclic) bond motifs is 1. The summed E-state index contributed by atoms with van der Waals surface area (Å²) in [6.07, 6.45) is 4.49. The second kappa shape index (κ2) is 9.93. The van der Waals surface area contributed by atoms with Gasteiger partial charge in [0.15, 0.2) is 0 Å². The largest absolute Gasteiger partial charge is 0.495 e. The molecule has 0 atom stereocenters. The van der Waals surface area contributed by atoms with Gasteiger partial charge in [-0.05, 0) is 43.2 Å². The van der Waals surface area contributed by atoms with E-state index in [-0.39, 0.29) is 17.3 Å². The Kier molecular flexibility index (Phi) is 6.99. The second-order valence-corrected chi connectivity index (χ2v) is 10.1. The molecule has 0 spiro atoms. The molecule has 1 saturated heterocycles. The number of aryl methyl sites for hydroxylation is 1. The predicted molar refractivity (Wildman–Crippen MR) is 128 cm³/mol. The first-order valence-electron chi connectivity index (χ1n) is 11.4. The Bertz CT molecular complexity index is 1240. The van der Waals surface area contributed by atoms with Crippen molar-refractivity contribution in [2.24, 2.45) is 0 Å². The molecule has 1 aliphatic heterocycles. The summed E-state index contributed by atoms with van der Waals surface area (Å²) < 4.78 is 35.3. The van der Waals surface area contributed by atoms with Gasteiger partial charge in [-0.25, -0.2) is 13.4 Å². The third kappa shape index (κ3) is 4.89. The zero-order valence-corrected chi connectivity index (χ0v) is 19.9. The third-order valence-corrected chi connectivity index (χ3v) is 7.89. The van der Waals surface area contributed by atoms with E-state index in [1.54, 1.807) is 10.4 Å². The van der Waals surface area contributed by atoms with E-state index in [0.29, 0.717) is 30.9 Å². The number of ether oxygens (including phenoxy) is 1. The molecule has 9 heteroatoms. The molecule has 0 saturated carbocycles. The van der Waals surface area contributed by atoms with E-state index in [4.69, 9.17) is 4.74 Å². The van der Waals surface area contributed by atoms with E-state index in [2.05, 4.69) is 10.3 Å². The van der Waals surface area contributed by atoms with Crippen molar-refractivity contribution < 1.29 is 17.9 Å². The fourth-order valence-corrected chi connectivity index (χ4v) is 5.83. The number of hydrogen-bond acceptors (Lipinski definition) is 5. The summed E-state index contributed by atoms with van der Waals surface area (Å²) in [6, 6.07) is 12.3. The number of anilines is 1. The van der Waals surface area contributed by atoms with Gasteiger partial charge in [0, 0.05) is 19.5 Å². The minimum atomic E-state index is -3.65. The molecule has 1 fully saturated rings. The maximum atomic E-state index is 13.2. The van der Waals surface area contributed by atoms with Crippen LogP contribution < -0.4 is 10.1 Å². The van der Waals surface area contributed by atoms with Gasteiger partial charge in [-0.2, -0.15) is 4.31 Å². The van der Waals surface area contributed by atoms with Crippen LogP contribution in [0.3, 0.4) is 0 Å². The van der Waals surface area contributed by atoms with Gasteiger partial charge in [0.1, 0.15) is 18.1 Å². The lowest BCUT2D eigenvalue weighted by Gasteiger charge is -2.21. The molecule has 0 aliphatic carbocycles. The summed E-state index contributed by atoms with van der Waals surface area (Å²) >= 11 is 0. The minimum absolute atomic E-state index is 0.0654. The number of carbonyl (C=O) groups excluding carboxylic acids is 1. The molecular formula is C24H30N4O4S. The van der Waals surface area contributed by atoms with Crippen LogP contribution in [0.4, 0.5) is 5.69 Å². The fraction of sp³-hybridized carbons (Fsp3) is 0.417. The number of benzene rings is 2. The average Bonchev–Trinajstić information content (AvgIpc) is 2.98. The van der Waals surface area contributed by atoms with E-state index < -0.39 is 10.0 Å². The summed E-state index contributed by atoms with van der Waals surface area (Å²) in [7, 11) is -2.15. The number of imidazole rings is 1. The van der Waals surface area contributed by atoms with Crippen LogP contribution in [0.25, 0.3) is 11.0 Å². The number of nitrogens with one attached hydrogen (secondary N) is 1. The van der Waals surface area contributed by atoms with Crippen molar-refractivity contribution in [3.05, 3.63) is 48.3 Å². The Morgan fingerprint density at radius 3 is 2.52 bits per heavy atom. The lowest BCUT2D eigenvalue weighted by molar-refractivity contribution is -0.116. The monoisotopic (exact) mass is 470 g/mol. The standard InChI is InChI=1S/C24H30N4O4S/c1-3-23-25-19-10-6-7-11-21(19)28(23)17-24(29)26-20-16-18(12-13-22(20)32-2)33(30,31)27-14-8-4-5-9-15-27/h6-7,10-13,16H,3-5,8-9,14-15,17H2,1-2H3,(H,26,29). The molecule has 2 aromatic carbocycles. The first kappa shape index (κ1) is 23.3. The predicted octanol–water partition coefficient (Wildman–Crippen LogP) is 3.81. The van der Waals surface area contributed by atoms with Crippen LogP contribution in [-0.2, 0) is 27.8 Å². The number of sulfonamides is 1. The highest BCUT2D eigenvalue weighted by molar-refractivity contribution is 7.89. The Morgan fingerprint density at radius 1 is 1.09 bits per heavy atom. The average molecular weight is 471 g/mol. The topological polar surface area (TPSA) is 93.5 Å². The molecule has 0 bridgehead atoms. The third-order valence-electron chi connectivity index (χ3n) is 6.00. The van der Waals surface area contributed by atoms with Gasteiger partial charge in [0.2, 0.25) is 15.9 Å². The van der Waals surface area contributed by atoms with E-state index in [0.717, 1.165) is 42.5 Å². The fourth-order valence-electron chi connectivity index (χ4n) is 4.28. The molecule has 3 aromatic rings. The molecule has 4 rings (SSSR count). The number of hydrogen-bond donors (Lipinski definition) is 1. The van der Waals surface area contributed by atoms with Crippen LogP contribution in [0.15, 0.2) is 47.4 Å². The van der Waals surface area contributed by atoms with Gasteiger partial charge >= 0.3 is 0 Å². The van der Waals surface area contributed by atoms with Crippen molar-refractivity contribution in [3.8, 4) is 5.75 Å². The molecule has 2 heterocycles. The van der Waals surface area contributed by atoms with Crippen molar-refractivity contribution in [1.29, 1.82) is 0 Å². The van der Waals surface area contributed by atoms with Crippen molar-refractivity contribution in [1.82, 2.24) is 13.9 Å². The number of rotatable bonds is 7. The van der Waals surface area contributed by atoms with Crippen LogP contribution in [0.2, 0.25) is 0 Å². The van der Waals surface area contributed by atoms with Gasteiger partial charge < -0.3 is 14.6 Å². The number of carbonyl (C=O) groups is 1. The number of methoxy groups -OCH3 is 1. The Hall–Kier alpha value is -2.91. The molecule has 0 unspecified atom stereocenters. The lowest BCUT2D eigenvalue weighted by Crippen LogP contribution is -2.32. The van der Waals surface area contributed by atoms with E-state index in [1.807, 2.05) is 35.8 Å². The van der Waals surface area contributed by atoms with Crippen LogP contribution in [0.5, 0.6) is 5.75 Å². The quantitative estimate of drug-likeness (QED) is 0.567. The zero-order valence-electron chi connectivity index (χ0n) is 19.1. The van der Waals surface area contributed by atoms with Crippen molar-refractivity contribution >= 4 is 32.7 Å². The van der Waals surface area contributed by atoms with E-state index in [1.165, 1.54) is 19.2 Å². The number of amides is 1. The number of para-hydroxylation sites is 2. The molecule has 1 N–H and O–H groups in total. The van der Waals surface area contributed by atoms with E-state index in [9.17, 15) is 13.2 Å². The number of nitrogens with zero attached hydrogens (tertiary/aromatic N) is 3. The first-order valence-corrected chi connectivity index (χ1v) is 12.8. The number of aromatic nitrogens is 2. The zero-order chi connectivity index (χ0) is 23.4. The van der Waals surface area contributed by atoms with Gasteiger partial charge in [0.05, 0.1) is 28.7 Å². The van der Waals surface area contributed by atoms with Crippen molar-refractivity contribution in [3.63, 3.8) is 0 Å². The summed E-state index contributed by atoms with van der Waals surface area (Å²) in [6.45, 7) is 3.10. The smallest absolute Gasteiger partial charge is 0.244 e. The van der Waals surface area contributed by atoms with Gasteiger partial charge in [-0.3, -0.25) is 4.79 Å². The SMILES string of the molecule is CCc1nc2ccccc2n1CC(=O)Nc1cc(S(=O)(=O)N2CCCCCC2)ccc1OC. The van der Waals surface area contributed by atoms with Crippen LogP contribution in [0, 0.1) is 0 Å². The molecule has 33 heavy (non-hydrogen) atoms. The first-order chi connectivity index (χ1) is 15.9. The van der Waals surface area contributed by atoms with Crippen LogP contribution in [-0.4, -0.2) is 48.4 Å². The van der Waals surface area contributed by atoms with Gasteiger partial charge in [-0.15, -0.1) is 0 Å². The second-order valence-electron chi connectivity index (χ2n) is 8.19. The maximum absolute atomic E-state index is 13.2. The molecule has 1 aliphatic rings. The molecule has 1 amide bonds. The molecule has 8 nitrogen and oxygen atoms in total. The summed E-state index contributed by atoms with van der Waals surface area (Å²) in [5.41, 5.74) is 2.06. The Morgan fingerprint density at radius 2 is 1.82 bits per heavy atom. The maximum Gasteiger partial charge on any atom is 0.244 e.